The third-order valence-corrected chi connectivity index (χ3v) is 4.41. The fraction of sp³-hybridized carbons (Fsp3) is 0.684. The maximum atomic E-state index is 12.2. The molecule has 27 heavy (non-hydrogen) atoms. The molecule has 1 aromatic rings. The molecule has 1 fully saturated rings. The van der Waals surface area contributed by atoms with Crippen LogP contribution in [0.2, 0.25) is 0 Å². The van der Waals surface area contributed by atoms with Crippen LogP contribution in [0.15, 0.2) is 27.8 Å². The molecule has 2 rings (SSSR count). The summed E-state index contributed by atoms with van der Waals surface area (Å²) in [6.45, 7) is 9.92. The van der Waals surface area contributed by atoms with E-state index in [4.69, 9.17) is 9.15 Å². The van der Waals surface area contributed by atoms with Crippen molar-refractivity contribution in [2.45, 2.75) is 33.6 Å². The molecule has 154 valence electrons. The van der Waals surface area contributed by atoms with E-state index in [1.807, 2.05) is 32.9 Å². The number of furan rings is 1. The van der Waals surface area contributed by atoms with E-state index in [0.717, 1.165) is 44.3 Å². The van der Waals surface area contributed by atoms with Gasteiger partial charge in [0.1, 0.15) is 5.76 Å². The van der Waals surface area contributed by atoms with Crippen LogP contribution >= 0.6 is 24.0 Å². The summed E-state index contributed by atoms with van der Waals surface area (Å²) in [5, 5.41) is 9.58. The lowest BCUT2D eigenvalue weighted by Crippen LogP contribution is -2.43. The van der Waals surface area contributed by atoms with Crippen molar-refractivity contribution in [3.05, 3.63) is 24.2 Å². The van der Waals surface area contributed by atoms with E-state index in [1.54, 1.807) is 6.26 Å². The van der Waals surface area contributed by atoms with Gasteiger partial charge in [-0.1, -0.05) is 0 Å². The Balaban J connectivity index is 0.00000364. The predicted molar refractivity (Wildman–Crippen MR) is 118 cm³/mol. The second kappa shape index (κ2) is 12.2. The van der Waals surface area contributed by atoms with Gasteiger partial charge in [0.25, 0.3) is 0 Å². The topological polar surface area (TPSA) is 87.9 Å². The van der Waals surface area contributed by atoms with Crippen LogP contribution in [0.4, 0.5) is 0 Å². The minimum Gasteiger partial charge on any atom is -0.469 e. The Morgan fingerprint density at radius 3 is 2.78 bits per heavy atom. The molecule has 8 heteroatoms. The fourth-order valence-electron chi connectivity index (χ4n) is 2.67. The third-order valence-electron chi connectivity index (χ3n) is 4.41. The lowest BCUT2D eigenvalue weighted by atomic mass is 9.92. The molecule has 0 aromatic carbocycles. The average molecular weight is 492 g/mol. The van der Waals surface area contributed by atoms with E-state index >= 15 is 0 Å². The SMILES string of the molecule is CCNC(=O)C(C)(C)CN=C(NCCc1ccco1)NCC1CCOC1.I. The molecule has 2 heterocycles. The number of guanidine groups is 1. The molecule has 1 aliphatic rings. The first-order chi connectivity index (χ1) is 12.5. The van der Waals surface area contributed by atoms with Crippen molar-refractivity contribution in [2.75, 3.05) is 39.4 Å². The lowest BCUT2D eigenvalue weighted by Gasteiger charge is -2.22. The second-order valence-electron chi connectivity index (χ2n) is 7.27. The fourth-order valence-corrected chi connectivity index (χ4v) is 2.67. The molecule has 3 N–H and O–H groups in total. The van der Waals surface area contributed by atoms with Crippen molar-refractivity contribution < 1.29 is 13.9 Å². The zero-order valence-corrected chi connectivity index (χ0v) is 18.9. The van der Waals surface area contributed by atoms with Gasteiger partial charge < -0.3 is 25.1 Å². The Morgan fingerprint density at radius 1 is 1.33 bits per heavy atom. The van der Waals surface area contributed by atoms with Gasteiger partial charge in [0.05, 0.1) is 24.8 Å². The Kier molecular flexibility index (Phi) is 10.8. The molecular weight excluding hydrogens is 459 g/mol. The normalized spacial score (nSPS) is 17.3. The van der Waals surface area contributed by atoms with Crippen molar-refractivity contribution in [1.82, 2.24) is 16.0 Å². The standard InChI is InChI=1S/C19H32N4O3.HI/c1-4-20-17(24)19(2,3)14-23-18(22-12-15-8-11-25-13-15)21-9-7-16-6-5-10-26-16;/h5-6,10,15H,4,7-9,11-14H2,1-3H3,(H,20,24)(H2,21,22,23);1H. The van der Waals surface area contributed by atoms with Gasteiger partial charge in [-0.3, -0.25) is 9.79 Å². The maximum absolute atomic E-state index is 12.2. The van der Waals surface area contributed by atoms with Crippen LogP contribution in [-0.4, -0.2) is 51.3 Å². The molecular formula is C19H33IN4O3. The first kappa shape index (κ1) is 23.7. The van der Waals surface area contributed by atoms with E-state index < -0.39 is 5.41 Å². The molecule has 1 atom stereocenters. The minimum absolute atomic E-state index is 0. The van der Waals surface area contributed by atoms with Crippen LogP contribution in [0.5, 0.6) is 0 Å². The number of amides is 1. The van der Waals surface area contributed by atoms with Crippen LogP contribution in [0.3, 0.4) is 0 Å². The summed E-state index contributed by atoms with van der Waals surface area (Å²) < 4.78 is 10.8. The average Bonchev–Trinajstić information content (AvgIpc) is 3.30. The maximum Gasteiger partial charge on any atom is 0.227 e. The number of carbonyl (C=O) groups excluding carboxylic acids is 1. The molecule has 0 radical (unpaired) electrons. The Morgan fingerprint density at radius 2 is 2.15 bits per heavy atom. The minimum atomic E-state index is -0.553. The van der Waals surface area contributed by atoms with Crippen molar-refractivity contribution in [3.63, 3.8) is 0 Å². The van der Waals surface area contributed by atoms with Crippen molar-refractivity contribution in [3.8, 4) is 0 Å². The van der Waals surface area contributed by atoms with Crippen molar-refractivity contribution >= 4 is 35.8 Å². The van der Waals surface area contributed by atoms with Crippen LogP contribution < -0.4 is 16.0 Å². The van der Waals surface area contributed by atoms with Gasteiger partial charge in [-0.05, 0) is 39.3 Å². The van der Waals surface area contributed by atoms with E-state index in [2.05, 4.69) is 20.9 Å². The van der Waals surface area contributed by atoms with E-state index in [9.17, 15) is 4.79 Å². The Bertz CT molecular complexity index is 570. The van der Waals surface area contributed by atoms with Gasteiger partial charge in [-0.15, -0.1) is 24.0 Å². The van der Waals surface area contributed by atoms with Crippen LogP contribution in [0, 0.1) is 11.3 Å². The van der Waals surface area contributed by atoms with Gasteiger partial charge >= 0.3 is 0 Å². The van der Waals surface area contributed by atoms with E-state index in [-0.39, 0.29) is 29.9 Å². The molecule has 0 bridgehead atoms. The summed E-state index contributed by atoms with van der Waals surface area (Å²) in [5.74, 6) is 2.18. The number of carbonyl (C=O) groups is 1. The monoisotopic (exact) mass is 492 g/mol. The van der Waals surface area contributed by atoms with Gasteiger partial charge in [0.2, 0.25) is 5.91 Å². The number of aliphatic imine (C=N–C) groups is 1. The molecule has 1 saturated heterocycles. The quantitative estimate of drug-likeness (QED) is 0.280. The summed E-state index contributed by atoms with van der Waals surface area (Å²) in [5.41, 5.74) is -0.553. The highest BCUT2D eigenvalue weighted by atomic mass is 127. The third kappa shape index (κ3) is 8.50. The summed E-state index contributed by atoms with van der Waals surface area (Å²) >= 11 is 0. The zero-order chi connectivity index (χ0) is 18.8. The number of hydrogen-bond acceptors (Lipinski definition) is 4. The first-order valence-corrected chi connectivity index (χ1v) is 9.42. The predicted octanol–water partition coefficient (Wildman–Crippen LogP) is 2.17. The van der Waals surface area contributed by atoms with E-state index in [1.165, 1.54) is 0 Å². The van der Waals surface area contributed by atoms with E-state index in [0.29, 0.717) is 25.6 Å². The summed E-state index contributed by atoms with van der Waals surface area (Å²) in [4.78, 5) is 16.8. The van der Waals surface area contributed by atoms with Gasteiger partial charge in [-0.2, -0.15) is 0 Å². The highest BCUT2D eigenvalue weighted by Crippen LogP contribution is 2.15. The molecule has 1 unspecified atom stereocenters. The molecule has 0 aliphatic carbocycles. The number of hydrogen-bond donors (Lipinski definition) is 3. The van der Waals surface area contributed by atoms with Crippen molar-refractivity contribution in [1.29, 1.82) is 0 Å². The second-order valence-corrected chi connectivity index (χ2v) is 7.27. The van der Waals surface area contributed by atoms with Crippen LogP contribution in [0.25, 0.3) is 0 Å². The van der Waals surface area contributed by atoms with Gasteiger partial charge in [0.15, 0.2) is 5.96 Å². The Hall–Kier alpha value is -1.29. The smallest absolute Gasteiger partial charge is 0.227 e. The van der Waals surface area contributed by atoms with Gasteiger partial charge in [-0.25, -0.2) is 0 Å². The molecule has 1 aliphatic heterocycles. The number of rotatable bonds is 9. The zero-order valence-electron chi connectivity index (χ0n) is 16.5. The molecule has 1 aromatic heterocycles. The summed E-state index contributed by atoms with van der Waals surface area (Å²) in [6, 6.07) is 3.84. The molecule has 0 saturated carbocycles. The van der Waals surface area contributed by atoms with Crippen molar-refractivity contribution in [2.24, 2.45) is 16.3 Å². The Labute approximate surface area is 179 Å². The molecule has 0 spiro atoms. The molecule has 7 nitrogen and oxygen atoms in total. The highest BCUT2D eigenvalue weighted by Gasteiger charge is 2.27. The van der Waals surface area contributed by atoms with Gasteiger partial charge in [0, 0.05) is 38.6 Å². The summed E-state index contributed by atoms with van der Waals surface area (Å²) in [6.07, 6.45) is 3.52. The summed E-state index contributed by atoms with van der Waals surface area (Å²) in [7, 11) is 0. The number of ether oxygens (including phenoxy) is 1. The number of nitrogens with one attached hydrogen (secondary N) is 3. The molecule has 1 amide bonds. The van der Waals surface area contributed by atoms with Crippen LogP contribution in [-0.2, 0) is 16.0 Å². The number of nitrogens with zero attached hydrogens (tertiary/aromatic N) is 1. The first-order valence-electron chi connectivity index (χ1n) is 9.42. The largest absolute Gasteiger partial charge is 0.469 e. The highest BCUT2D eigenvalue weighted by molar-refractivity contribution is 14.0. The number of halogens is 1. The lowest BCUT2D eigenvalue weighted by molar-refractivity contribution is -0.128. The van der Waals surface area contributed by atoms with Crippen LogP contribution in [0.1, 0.15) is 33.0 Å².